The van der Waals surface area contributed by atoms with Crippen LogP contribution in [0.5, 0.6) is 17.2 Å². The molecule has 0 N–H and O–H groups in total. The predicted octanol–water partition coefficient (Wildman–Crippen LogP) is 1.98. The highest BCUT2D eigenvalue weighted by atomic mass is 16.5. The van der Waals surface area contributed by atoms with E-state index in [0.29, 0.717) is 34.7 Å². The SMILES string of the molecule is COc1cc2c(=O)n(CC3(N4CCN(C)CC4)CCCC3)cnc2c(OC)c1OC. The molecule has 1 aliphatic carbocycles. The summed E-state index contributed by atoms with van der Waals surface area (Å²) in [7, 11) is 6.82. The summed E-state index contributed by atoms with van der Waals surface area (Å²) < 4.78 is 18.2. The largest absolute Gasteiger partial charge is 0.493 e. The van der Waals surface area contributed by atoms with Crippen molar-refractivity contribution in [1.29, 1.82) is 0 Å². The van der Waals surface area contributed by atoms with Gasteiger partial charge in [0.25, 0.3) is 5.56 Å². The molecule has 2 heterocycles. The monoisotopic (exact) mass is 416 g/mol. The van der Waals surface area contributed by atoms with Crippen molar-refractivity contribution < 1.29 is 14.2 Å². The van der Waals surface area contributed by atoms with Crippen LogP contribution in [0.4, 0.5) is 0 Å². The highest BCUT2D eigenvalue weighted by molar-refractivity contribution is 5.89. The second-order valence-electron chi connectivity index (χ2n) is 8.44. The van der Waals surface area contributed by atoms with E-state index in [4.69, 9.17) is 14.2 Å². The van der Waals surface area contributed by atoms with E-state index in [-0.39, 0.29) is 11.1 Å². The van der Waals surface area contributed by atoms with E-state index < -0.39 is 0 Å². The molecule has 2 fully saturated rings. The van der Waals surface area contributed by atoms with Crippen LogP contribution in [0.15, 0.2) is 17.2 Å². The maximum absolute atomic E-state index is 13.5. The zero-order valence-electron chi connectivity index (χ0n) is 18.4. The third kappa shape index (κ3) is 3.52. The minimum atomic E-state index is -0.0698. The van der Waals surface area contributed by atoms with E-state index in [0.717, 1.165) is 39.0 Å². The minimum absolute atomic E-state index is 0.0289. The number of nitrogens with zero attached hydrogens (tertiary/aromatic N) is 4. The van der Waals surface area contributed by atoms with E-state index >= 15 is 0 Å². The van der Waals surface area contributed by atoms with Gasteiger partial charge in [0, 0.05) is 38.3 Å². The Morgan fingerprint density at radius 2 is 1.67 bits per heavy atom. The zero-order valence-corrected chi connectivity index (χ0v) is 18.4. The van der Waals surface area contributed by atoms with Gasteiger partial charge in [-0.05, 0) is 26.0 Å². The number of fused-ring (bicyclic) bond motifs is 1. The average Bonchev–Trinajstić information content (AvgIpc) is 3.24. The quantitative estimate of drug-likeness (QED) is 0.713. The normalized spacial score (nSPS) is 19.9. The van der Waals surface area contributed by atoms with Crippen molar-refractivity contribution in [2.24, 2.45) is 0 Å². The highest BCUT2D eigenvalue weighted by Gasteiger charge is 2.41. The fourth-order valence-electron chi connectivity index (χ4n) is 5.08. The van der Waals surface area contributed by atoms with E-state index in [1.165, 1.54) is 12.8 Å². The fourth-order valence-corrected chi connectivity index (χ4v) is 5.08. The molecule has 2 aliphatic rings. The van der Waals surface area contributed by atoms with E-state index in [1.54, 1.807) is 38.3 Å². The van der Waals surface area contributed by atoms with Gasteiger partial charge in [-0.3, -0.25) is 14.3 Å². The van der Waals surface area contributed by atoms with Crippen LogP contribution in [0.3, 0.4) is 0 Å². The Morgan fingerprint density at radius 3 is 2.27 bits per heavy atom. The maximum Gasteiger partial charge on any atom is 0.261 e. The van der Waals surface area contributed by atoms with Gasteiger partial charge in [-0.25, -0.2) is 4.98 Å². The molecule has 1 saturated heterocycles. The molecule has 8 nitrogen and oxygen atoms in total. The standard InChI is InChI=1S/C22H32N4O4/c1-24-9-11-26(12-10-24)22(7-5-6-8-22)14-25-15-23-18-16(21(25)27)13-17(28-2)19(29-3)20(18)30-4/h13,15H,5-12,14H2,1-4H3. The molecule has 0 spiro atoms. The Kier molecular flexibility index (Phi) is 5.88. The molecule has 1 aromatic heterocycles. The smallest absolute Gasteiger partial charge is 0.261 e. The van der Waals surface area contributed by atoms with Crippen LogP contribution in [0.2, 0.25) is 0 Å². The number of methoxy groups -OCH3 is 3. The summed E-state index contributed by atoms with van der Waals surface area (Å²) in [5, 5.41) is 0.485. The second kappa shape index (κ2) is 8.43. The highest BCUT2D eigenvalue weighted by Crippen LogP contribution is 2.42. The van der Waals surface area contributed by atoms with Crippen LogP contribution >= 0.6 is 0 Å². The van der Waals surface area contributed by atoms with Gasteiger partial charge in [0.1, 0.15) is 5.52 Å². The Labute approximate surface area is 177 Å². The first-order valence-electron chi connectivity index (χ1n) is 10.6. The number of rotatable bonds is 6. The first kappa shape index (κ1) is 20.9. The minimum Gasteiger partial charge on any atom is -0.493 e. The summed E-state index contributed by atoms with van der Waals surface area (Å²) in [5.41, 5.74) is 0.456. The summed E-state index contributed by atoms with van der Waals surface area (Å²) in [5.74, 6) is 1.33. The Hall–Kier alpha value is -2.32. The van der Waals surface area contributed by atoms with Crippen molar-refractivity contribution in [3.05, 3.63) is 22.7 Å². The molecule has 0 atom stereocenters. The molecule has 2 aromatic rings. The van der Waals surface area contributed by atoms with Crippen molar-refractivity contribution in [3.63, 3.8) is 0 Å². The predicted molar refractivity (Wildman–Crippen MR) is 116 cm³/mol. The molecule has 1 aromatic carbocycles. The number of aromatic nitrogens is 2. The molecule has 0 radical (unpaired) electrons. The topological polar surface area (TPSA) is 69.1 Å². The number of benzene rings is 1. The molecular formula is C22H32N4O4. The van der Waals surface area contributed by atoms with Gasteiger partial charge in [-0.2, -0.15) is 0 Å². The van der Waals surface area contributed by atoms with E-state index in [9.17, 15) is 4.79 Å². The summed E-state index contributed by atoms with van der Waals surface area (Å²) in [6, 6.07) is 1.71. The Bertz CT molecular complexity index is 960. The van der Waals surface area contributed by atoms with Gasteiger partial charge in [0.2, 0.25) is 5.75 Å². The van der Waals surface area contributed by atoms with Crippen LogP contribution in [0, 0.1) is 0 Å². The van der Waals surface area contributed by atoms with Crippen LogP contribution in [0.1, 0.15) is 25.7 Å². The van der Waals surface area contributed by atoms with Crippen molar-refractivity contribution in [2.75, 3.05) is 54.6 Å². The summed E-state index contributed by atoms with van der Waals surface area (Å²) in [6.45, 7) is 4.90. The van der Waals surface area contributed by atoms with Crippen molar-refractivity contribution in [3.8, 4) is 17.2 Å². The molecular weight excluding hydrogens is 384 g/mol. The third-order valence-electron chi connectivity index (χ3n) is 6.79. The average molecular weight is 417 g/mol. The first-order chi connectivity index (χ1) is 14.5. The fraction of sp³-hybridized carbons (Fsp3) is 0.636. The van der Waals surface area contributed by atoms with Gasteiger partial charge in [0.15, 0.2) is 11.5 Å². The Morgan fingerprint density at radius 1 is 1.00 bits per heavy atom. The lowest BCUT2D eigenvalue weighted by Crippen LogP contribution is -2.57. The van der Waals surface area contributed by atoms with Gasteiger partial charge in [-0.15, -0.1) is 0 Å². The van der Waals surface area contributed by atoms with Gasteiger partial charge >= 0.3 is 0 Å². The van der Waals surface area contributed by atoms with E-state index in [2.05, 4.69) is 21.8 Å². The molecule has 164 valence electrons. The van der Waals surface area contributed by atoms with Gasteiger partial charge in [0.05, 0.1) is 33.0 Å². The lowest BCUT2D eigenvalue weighted by molar-refractivity contribution is 0.0305. The van der Waals surface area contributed by atoms with Crippen LogP contribution in [0.25, 0.3) is 10.9 Å². The van der Waals surface area contributed by atoms with Crippen molar-refractivity contribution >= 4 is 10.9 Å². The van der Waals surface area contributed by atoms with Crippen molar-refractivity contribution in [1.82, 2.24) is 19.4 Å². The molecule has 1 aliphatic heterocycles. The van der Waals surface area contributed by atoms with Crippen LogP contribution < -0.4 is 19.8 Å². The second-order valence-corrected chi connectivity index (χ2v) is 8.44. The van der Waals surface area contributed by atoms with Gasteiger partial charge < -0.3 is 19.1 Å². The van der Waals surface area contributed by atoms with E-state index in [1.807, 2.05) is 0 Å². The molecule has 0 amide bonds. The molecule has 1 saturated carbocycles. The summed E-state index contributed by atoms with van der Waals surface area (Å²) in [6.07, 6.45) is 6.32. The number of piperazine rings is 1. The van der Waals surface area contributed by atoms with Crippen LogP contribution in [-0.2, 0) is 6.54 Å². The van der Waals surface area contributed by atoms with Crippen molar-refractivity contribution in [2.45, 2.75) is 37.8 Å². The maximum atomic E-state index is 13.5. The Balaban J connectivity index is 1.75. The molecule has 8 heteroatoms. The number of ether oxygens (including phenoxy) is 3. The third-order valence-corrected chi connectivity index (χ3v) is 6.79. The molecule has 30 heavy (non-hydrogen) atoms. The number of hydrogen-bond donors (Lipinski definition) is 0. The lowest BCUT2D eigenvalue weighted by atomic mass is 9.93. The molecule has 4 rings (SSSR count). The zero-order chi connectivity index (χ0) is 21.3. The number of hydrogen-bond acceptors (Lipinski definition) is 7. The summed E-state index contributed by atoms with van der Waals surface area (Å²) in [4.78, 5) is 23.0. The van der Waals surface area contributed by atoms with Gasteiger partial charge in [-0.1, -0.05) is 12.8 Å². The summed E-state index contributed by atoms with van der Waals surface area (Å²) >= 11 is 0. The molecule has 0 unspecified atom stereocenters. The lowest BCUT2D eigenvalue weighted by Gasteiger charge is -2.45. The molecule has 0 bridgehead atoms. The first-order valence-corrected chi connectivity index (χ1v) is 10.6. The van der Waals surface area contributed by atoms with Crippen LogP contribution in [-0.4, -0.2) is 79.4 Å². The number of likely N-dealkylation sites (N-methyl/N-ethyl adjacent to an activating group) is 1.